The number of ether oxygens (including phenoxy) is 1. The molecule has 2 aromatic rings. The number of aryl methyl sites for hydroxylation is 1. The summed E-state index contributed by atoms with van der Waals surface area (Å²) in [7, 11) is 1.69. The maximum atomic E-state index is 5.07. The highest BCUT2D eigenvalue weighted by molar-refractivity contribution is 7.18. The molecule has 4 nitrogen and oxygen atoms in total. The molecule has 0 atom stereocenters. The van der Waals surface area contributed by atoms with E-state index >= 15 is 0 Å². The molecule has 2 aromatic heterocycles. The molecule has 0 fully saturated rings. The van der Waals surface area contributed by atoms with Crippen LogP contribution in [-0.2, 0) is 11.2 Å². The Morgan fingerprint density at radius 2 is 2.24 bits per heavy atom. The SMILES string of the molecule is CCNc1nc(CCOC)nc2sc(C)cc12. The first-order chi connectivity index (χ1) is 8.24. The van der Waals surface area contributed by atoms with Gasteiger partial charge in [-0.05, 0) is 19.9 Å². The fourth-order valence-electron chi connectivity index (χ4n) is 1.69. The Balaban J connectivity index is 2.42. The Morgan fingerprint density at radius 3 is 2.94 bits per heavy atom. The molecule has 0 saturated heterocycles. The van der Waals surface area contributed by atoms with Crippen LogP contribution < -0.4 is 5.32 Å². The van der Waals surface area contributed by atoms with Crippen molar-refractivity contribution < 1.29 is 4.74 Å². The van der Waals surface area contributed by atoms with E-state index in [0.717, 1.165) is 34.8 Å². The molecule has 5 heteroatoms. The van der Waals surface area contributed by atoms with Crippen LogP contribution in [0.15, 0.2) is 6.07 Å². The second kappa shape index (κ2) is 5.42. The molecule has 0 aliphatic rings. The van der Waals surface area contributed by atoms with Gasteiger partial charge in [0.2, 0.25) is 0 Å². The fraction of sp³-hybridized carbons (Fsp3) is 0.500. The molecule has 17 heavy (non-hydrogen) atoms. The summed E-state index contributed by atoms with van der Waals surface area (Å²) >= 11 is 1.71. The van der Waals surface area contributed by atoms with Crippen molar-refractivity contribution in [1.82, 2.24) is 9.97 Å². The minimum absolute atomic E-state index is 0.654. The summed E-state index contributed by atoms with van der Waals surface area (Å²) < 4.78 is 5.07. The first kappa shape index (κ1) is 12.3. The zero-order valence-corrected chi connectivity index (χ0v) is 11.2. The molecule has 0 aliphatic carbocycles. The van der Waals surface area contributed by atoms with Crippen LogP contribution in [0.4, 0.5) is 5.82 Å². The monoisotopic (exact) mass is 251 g/mol. The van der Waals surface area contributed by atoms with E-state index in [4.69, 9.17) is 4.74 Å². The van der Waals surface area contributed by atoms with Gasteiger partial charge in [-0.25, -0.2) is 9.97 Å². The van der Waals surface area contributed by atoms with Gasteiger partial charge in [0.25, 0.3) is 0 Å². The number of rotatable bonds is 5. The highest BCUT2D eigenvalue weighted by atomic mass is 32.1. The van der Waals surface area contributed by atoms with Crippen LogP contribution in [-0.4, -0.2) is 30.2 Å². The number of nitrogens with zero attached hydrogens (tertiary/aromatic N) is 2. The highest BCUT2D eigenvalue weighted by Crippen LogP contribution is 2.28. The van der Waals surface area contributed by atoms with Gasteiger partial charge in [0.05, 0.1) is 12.0 Å². The molecule has 0 aliphatic heterocycles. The maximum absolute atomic E-state index is 5.07. The van der Waals surface area contributed by atoms with Crippen LogP contribution in [0.1, 0.15) is 17.6 Å². The lowest BCUT2D eigenvalue weighted by Crippen LogP contribution is -2.05. The van der Waals surface area contributed by atoms with Gasteiger partial charge >= 0.3 is 0 Å². The van der Waals surface area contributed by atoms with Gasteiger partial charge in [0, 0.05) is 25.0 Å². The highest BCUT2D eigenvalue weighted by Gasteiger charge is 2.09. The minimum atomic E-state index is 0.654. The molecule has 2 rings (SSSR count). The van der Waals surface area contributed by atoms with Crippen molar-refractivity contribution >= 4 is 27.4 Å². The third kappa shape index (κ3) is 2.73. The fourth-order valence-corrected chi connectivity index (χ4v) is 2.59. The summed E-state index contributed by atoms with van der Waals surface area (Å²) in [5, 5.41) is 4.42. The lowest BCUT2D eigenvalue weighted by atomic mass is 10.3. The summed E-state index contributed by atoms with van der Waals surface area (Å²) in [6.45, 7) is 5.69. The quantitative estimate of drug-likeness (QED) is 0.887. The predicted octanol–water partition coefficient (Wildman–Crippen LogP) is 2.62. The molecule has 0 amide bonds. The Labute approximate surface area is 105 Å². The number of anilines is 1. The van der Waals surface area contributed by atoms with Gasteiger partial charge in [-0.15, -0.1) is 11.3 Å². The maximum Gasteiger partial charge on any atom is 0.138 e. The van der Waals surface area contributed by atoms with E-state index in [1.54, 1.807) is 18.4 Å². The summed E-state index contributed by atoms with van der Waals surface area (Å²) in [5.74, 6) is 1.78. The number of hydrogen-bond donors (Lipinski definition) is 1. The van der Waals surface area contributed by atoms with Crippen molar-refractivity contribution in [2.75, 3.05) is 25.6 Å². The van der Waals surface area contributed by atoms with Crippen molar-refractivity contribution in [1.29, 1.82) is 0 Å². The van der Waals surface area contributed by atoms with Crippen molar-refractivity contribution in [3.05, 3.63) is 16.8 Å². The van der Waals surface area contributed by atoms with Crippen LogP contribution in [0.3, 0.4) is 0 Å². The number of hydrogen-bond acceptors (Lipinski definition) is 5. The second-order valence-electron chi connectivity index (χ2n) is 3.84. The normalized spacial score (nSPS) is 11.0. The first-order valence-corrected chi connectivity index (χ1v) is 6.56. The van der Waals surface area contributed by atoms with Crippen LogP contribution >= 0.6 is 11.3 Å². The second-order valence-corrected chi connectivity index (χ2v) is 5.07. The molecular formula is C12H17N3OS. The summed E-state index contributed by atoms with van der Waals surface area (Å²) in [6, 6.07) is 2.14. The molecule has 0 bridgehead atoms. The number of fused-ring (bicyclic) bond motifs is 1. The van der Waals surface area contributed by atoms with E-state index in [-0.39, 0.29) is 0 Å². The summed E-state index contributed by atoms with van der Waals surface area (Å²) in [5.41, 5.74) is 0. The van der Waals surface area contributed by atoms with Crippen LogP contribution in [0.2, 0.25) is 0 Å². The van der Waals surface area contributed by atoms with Crippen LogP contribution in [0.5, 0.6) is 0 Å². The molecule has 1 N–H and O–H groups in total. The first-order valence-electron chi connectivity index (χ1n) is 5.74. The molecule has 2 heterocycles. The lowest BCUT2D eigenvalue weighted by Gasteiger charge is -2.06. The minimum Gasteiger partial charge on any atom is -0.384 e. The lowest BCUT2D eigenvalue weighted by molar-refractivity contribution is 0.200. The van der Waals surface area contributed by atoms with Crippen molar-refractivity contribution in [3.8, 4) is 0 Å². The smallest absolute Gasteiger partial charge is 0.138 e. The van der Waals surface area contributed by atoms with Crippen molar-refractivity contribution in [2.24, 2.45) is 0 Å². The topological polar surface area (TPSA) is 47.0 Å². The molecule has 0 radical (unpaired) electrons. The van der Waals surface area contributed by atoms with E-state index < -0.39 is 0 Å². The van der Waals surface area contributed by atoms with Gasteiger partial charge in [0.15, 0.2) is 0 Å². The zero-order valence-electron chi connectivity index (χ0n) is 10.4. The average Bonchev–Trinajstić information content (AvgIpc) is 2.67. The van der Waals surface area contributed by atoms with E-state index in [2.05, 4.69) is 35.2 Å². The van der Waals surface area contributed by atoms with Gasteiger partial charge in [-0.1, -0.05) is 0 Å². The number of aromatic nitrogens is 2. The van der Waals surface area contributed by atoms with E-state index in [1.807, 2.05) is 0 Å². The molecule has 0 spiro atoms. The predicted molar refractivity (Wildman–Crippen MR) is 71.9 cm³/mol. The largest absolute Gasteiger partial charge is 0.384 e. The third-order valence-corrected chi connectivity index (χ3v) is 3.38. The zero-order chi connectivity index (χ0) is 12.3. The average molecular weight is 251 g/mol. The Bertz CT molecular complexity index is 510. The van der Waals surface area contributed by atoms with Gasteiger partial charge < -0.3 is 10.1 Å². The number of nitrogens with one attached hydrogen (secondary N) is 1. The van der Waals surface area contributed by atoms with Gasteiger partial charge in [-0.3, -0.25) is 0 Å². The Hall–Kier alpha value is -1.20. The van der Waals surface area contributed by atoms with Crippen molar-refractivity contribution in [3.63, 3.8) is 0 Å². The molecule has 0 saturated carbocycles. The third-order valence-electron chi connectivity index (χ3n) is 2.44. The Kier molecular flexibility index (Phi) is 3.91. The standard InChI is InChI=1S/C12H17N3OS/c1-4-13-11-9-7-8(2)17-12(9)15-10(14-11)5-6-16-3/h7H,4-6H2,1-3H3,(H,13,14,15). The molecule has 0 aromatic carbocycles. The van der Waals surface area contributed by atoms with Crippen LogP contribution in [0, 0.1) is 6.92 Å². The summed E-state index contributed by atoms with van der Waals surface area (Å²) in [6.07, 6.45) is 0.752. The van der Waals surface area contributed by atoms with Crippen LogP contribution in [0.25, 0.3) is 10.2 Å². The Morgan fingerprint density at radius 1 is 1.41 bits per heavy atom. The number of thiophene rings is 1. The van der Waals surface area contributed by atoms with Crippen molar-refractivity contribution in [2.45, 2.75) is 20.3 Å². The van der Waals surface area contributed by atoms with E-state index in [9.17, 15) is 0 Å². The van der Waals surface area contributed by atoms with E-state index in [0.29, 0.717) is 6.61 Å². The van der Waals surface area contributed by atoms with E-state index in [1.165, 1.54) is 4.88 Å². The summed E-state index contributed by atoms with van der Waals surface area (Å²) in [4.78, 5) is 11.4. The molecular weight excluding hydrogens is 234 g/mol. The molecule has 92 valence electrons. The number of methoxy groups -OCH3 is 1. The van der Waals surface area contributed by atoms with Gasteiger partial charge in [0.1, 0.15) is 16.5 Å². The van der Waals surface area contributed by atoms with Gasteiger partial charge in [-0.2, -0.15) is 0 Å². The molecule has 0 unspecified atom stereocenters.